The van der Waals surface area contributed by atoms with E-state index in [4.69, 9.17) is 0 Å². The molecule has 0 aliphatic rings. The molecule has 2 amide bonds. The number of carbonyl (C=O) groups excluding carboxylic acids is 2. The Hall–Kier alpha value is -0.820. The molecule has 0 aliphatic heterocycles. The number of imide groups is 1. The average molecular weight is 351 g/mol. The first-order valence-electron chi connectivity index (χ1n) is 4.36. The Bertz CT molecular complexity index is 409. The van der Waals surface area contributed by atoms with Gasteiger partial charge in [0.2, 0.25) is 17.8 Å². The Morgan fingerprint density at radius 2 is 1.88 bits per heavy atom. The molecule has 0 aliphatic carbocycles. The summed E-state index contributed by atoms with van der Waals surface area (Å²) in [5.41, 5.74) is 0.637. The van der Waals surface area contributed by atoms with Gasteiger partial charge in [0.15, 0.2) is 0 Å². The highest BCUT2D eigenvalue weighted by Crippen LogP contribution is 2.27. The molecule has 1 aromatic rings. The number of amides is 2. The van der Waals surface area contributed by atoms with Crippen LogP contribution in [-0.2, 0) is 9.59 Å². The molecule has 1 rings (SSSR count). The van der Waals surface area contributed by atoms with Gasteiger partial charge in [-0.3, -0.25) is 9.59 Å². The van der Waals surface area contributed by atoms with Gasteiger partial charge in [0, 0.05) is 20.0 Å². The minimum atomic E-state index is -0.412. The van der Waals surface area contributed by atoms with Gasteiger partial charge >= 0.3 is 0 Å². The second kappa shape index (κ2) is 5.49. The molecule has 0 atom stereocenters. The Kier molecular flexibility index (Phi) is 4.55. The van der Waals surface area contributed by atoms with E-state index in [0.29, 0.717) is 5.69 Å². The van der Waals surface area contributed by atoms with Crippen molar-refractivity contribution in [3.05, 3.63) is 18.0 Å². The standard InChI is InChI=1S/C9H9Br2N3O2/c1-5(15)14(6(2)16)9-12-4-3-7(13-9)8(10)11/h3-4,8H,1-2H3. The first-order chi connectivity index (χ1) is 7.43. The predicted molar refractivity (Wildman–Crippen MR) is 66.5 cm³/mol. The van der Waals surface area contributed by atoms with Gasteiger partial charge in [-0.1, -0.05) is 31.9 Å². The Morgan fingerprint density at radius 3 is 2.31 bits per heavy atom. The zero-order valence-electron chi connectivity index (χ0n) is 8.65. The lowest BCUT2D eigenvalue weighted by atomic mass is 10.4. The minimum Gasteiger partial charge on any atom is -0.274 e. The number of halogens is 2. The predicted octanol–water partition coefficient (Wildman–Crippen LogP) is 2.16. The SMILES string of the molecule is CC(=O)N(C(C)=O)c1nccc(C(Br)Br)n1. The molecule has 86 valence electrons. The van der Waals surface area contributed by atoms with Crippen molar-refractivity contribution in [2.24, 2.45) is 0 Å². The van der Waals surface area contributed by atoms with Crippen molar-refractivity contribution in [3.8, 4) is 0 Å². The van der Waals surface area contributed by atoms with Crippen molar-refractivity contribution in [1.29, 1.82) is 0 Å². The topological polar surface area (TPSA) is 63.2 Å². The summed E-state index contributed by atoms with van der Waals surface area (Å²) in [6, 6.07) is 1.68. The van der Waals surface area contributed by atoms with E-state index in [1.807, 2.05) is 0 Å². The molecule has 1 heterocycles. The Balaban J connectivity index is 3.15. The largest absolute Gasteiger partial charge is 0.274 e. The third kappa shape index (κ3) is 3.08. The number of nitrogens with zero attached hydrogens (tertiary/aromatic N) is 3. The van der Waals surface area contributed by atoms with Crippen molar-refractivity contribution in [2.75, 3.05) is 4.90 Å². The van der Waals surface area contributed by atoms with Gasteiger partial charge in [-0.15, -0.1) is 0 Å². The van der Waals surface area contributed by atoms with E-state index in [-0.39, 0.29) is 9.68 Å². The summed E-state index contributed by atoms with van der Waals surface area (Å²) in [5, 5.41) is 0. The first-order valence-corrected chi connectivity index (χ1v) is 6.19. The van der Waals surface area contributed by atoms with E-state index < -0.39 is 11.8 Å². The van der Waals surface area contributed by atoms with Crippen molar-refractivity contribution in [2.45, 2.75) is 17.6 Å². The average Bonchev–Trinajstić information content (AvgIpc) is 2.16. The highest BCUT2D eigenvalue weighted by molar-refractivity contribution is 9.24. The lowest BCUT2D eigenvalue weighted by Gasteiger charge is -2.15. The molecule has 1 aromatic heterocycles. The van der Waals surface area contributed by atoms with Crippen LogP contribution < -0.4 is 4.90 Å². The maximum Gasteiger partial charge on any atom is 0.239 e. The number of hydrogen-bond acceptors (Lipinski definition) is 4. The zero-order valence-corrected chi connectivity index (χ0v) is 11.8. The van der Waals surface area contributed by atoms with Gasteiger partial charge in [-0.25, -0.2) is 14.9 Å². The third-order valence-corrected chi connectivity index (χ3v) is 2.66. The van der Waals surface area contributed by atoms with Crippen LogP contribution in [0.3, 0.4) is 0 Å². The van der Waals surface area contributed by atoms with Crippen molar-refractivity contribution in [1.82, 2.24) is 9.97 Å². The molecule has 0 unspecified atom stereocenters. The number of alkyl halides is 2. The second-order valence-electron chi connectivity index (χ2n) is 2.96. The van der Waals surface area contributed by atoms with Crippen molar-refractivity contribution >= 4 is 49.6 Å². The normalized spacial score (nSPS) is 10.3. The van der Waals surface area contributed by atoms with Crippen LogP contribution in [0, 0.1) is 0 Å². The van der Waals surface area contributed by atoms with Crippen LogP contribution in [0.15, 0.2) is 12.3 Å². The van der Waals surface area contributed by atoms with Crippen LogP contribution in [0.4, 0.5) is 5.95 Å². The number of aromatic nitrogens is 2. The number of anilines is 1. The van der Waals surface area contributed by atoms with Crippen LogP contribution in [0.5, 0.6) is 0 Å². The lowest BCUT2D eigenvalue weighted by Crippen LogP contribution is -2.34. The lowest BCUT2D eigenvalue weighted by molar-refractivity contribution is -0.124. The first kappa shape index (κ1) is 13.2. The van der Waals surface area contributed by atoms with E-state index in [2.05, 4.69) is 41.8 Å². The fourth-order valence-corrected chi connectivity index (χ4v) is 1.60. The minimum absolute atomic E-state index is 0.0846. The molecule has 0 bridgehead atoms. The van der Waals surface area contributed by atoms with Gasteiger partial charge < -0.3 is 0 Å². The molecule has 0 aromatic carbocycles. The summed E-state index contributed by atoms with van der Waals surface area (Å²) in [4.78, 5) is 31.5. The van der Waals surface area contributed by atoms with E-state index >= 15 is 0 Å². The molecule has 5 nitrogen and oxygen atoms in total. The molecule has 0 saturated carbocycles. The quantitative estimate of drug-likeness (QED) is 0.767. The molecule has 16 heavy (non-hydrogen) atoms. The monoisotopic (exact) mass is 349 g/mol. The molecule has 0 spiro atoms. The highest BCUT2D eigenvalue weighted by Gasteiger charge is 2.19. The van der Waals surface area contributed by atoms with Crippen molar-refractivity contribution < 1.29 is 9.59 Å². The summed E-state index contributed by atoms with van der Waals surface area (Å²) in [7, 11) is 0. The number of rotatable bonds is 2. The van der Waals surface area contributed by atoms with E-state index in [9.17, 15) is 9.59 Å². The van der Waals surface area contributed by atoms with E-state index in [0.717, 1.165) is 4.90 Å². The summed E-state index contributed by atoms with van der Waals surface area (Å²) in [6.07, 6.45) is 1.49. The molecular weight excluding hydrogens is 342 g/mol. The van der Waals surface area contributed by atoms with Crippen LogP contribution in [-0.4, -0.2) is 21.8 Å². The fourth-order valence-electron chi connectivity index (χ4n) is 1.09. The van der Waals surface area contributed by atoms with Gasteiger partial charge in [0.1, 0.15) is 3.74 Å². The smallest absolute Gasteiger partial charge is 0.239 e. The van der Waals surface area contributed by atoms with Crippen LogP contribution in [0.25, 0.3) is 0 Å². The van der Waals surface area contributed by atoms with Gasteiger partial charge in [0.25, 0.3) is 0 Å². The summed E-state index contributed by atoms with van der Waals surface area (Å²) < 4.78 is -0.150. The summed E-state index contributed by atoms with van der Waals surface area (Å²) in [5.74, 6) is -0.739. The van der Waals surface area contributed by atoms with E-state index in [1.54, 1.807) is 6.07 Å². The fraction of sp³-hybridized carbons (Fsp3) is 0.333. The number of hydrogen-bond donors (Lipinski definition) is 0. The summed E-state index contributed by atoms with van der Waals surface area (Å²) >= 11 is 6.56. The zero-order chi connectivity index (χ0) is 12.3. The summed E-state index contributed by atoms with van der Waals surface area (Å²) in [6.45, 7) is 2.58. The molecule has 0 radical (unpaired) electrons. The van der Waals surface area contributed by atoms with Gasteiger partial charge in [-0.05, 0) is 6.07 Å². The maximum atomic E-state index is 11.3. The van der Waals surface area contributed by atoms with Crippen LogP contribution in [0.1, 0.15) is 23.3 Å². The third-order valence-electron chi connectivity index (χ3n) is 1.72. The van der Waals surface area contributed by atoms with Crippen LogP contribution >= 0.6 is 31.9 Å². The Labute approximate surface area is 110 Å². The molecule has 0 fully saturated rings. The molecular formula is C9H9Br2N3O2. The Morgan fingerprint density at radius 1 is 1.31 bits per heavy atom. The van der Waals surface area contributed by atoms with E-state index in [1.165, 1.54) is 20.0 Å². The number of carbonyl (C=O) groups is 2. The highest BCUT2D eigenvalue weighted by atomic mass is 79.9. The molecule has 7 heteroatoms. The maximum absolute atomic E-state index is 11.3. The second-order valence-corrected chi connectivity index (χ2v) is 6.02. The van der Waals surface area contributed by atoms with Gasteiger partial charge in [0.05, 0.1) is 5.69 Å². The van der Waals surface area contributed by atoms with Gasteiger partial charge in [-0.2, -0.15) is 0 Å². The van der Waals surface area contributed by atoms with Crippen molar-refractivity contribution in [3.63, 3.8) is 0 Å². The van der Waals surface area contributed by atoms with Crippen LogP contribution in [0.2, 0.25) is 0 Å². The molecule has 0 N–H and O–H groups in total. The molecule has 0 saturated heterocycles.